The molecular formula is C15H30N4O. The van der Waals surface area contributed by atoms with Gasteiger partial charge in [0.05, 0.1) is 0 Å². The van der Waals surface area contributed by atoms with Gasteiger partial charge in [0.15, 0.2) is 0 Å². The molecule has 0 bridgehead atoms. The van der Waals surface area contributed by atoms with Crippen LogP contribution in [0.4, 0.5) is 0 Å². The van der Waals surface area contributed by atoms with Gasteiger partial charge in [0.1, 0.15) is 6.04 Å². The third kappa shape index (κ3) is 3.71. The number of amides is 1. The first kappa shape index (κ1) is 15.7. The average molecular weight is 282 g/mol. The standard InChI is InChI=1S/C15H30N4O/c1-4-18-9-5-6-13(7-10-18)19-11-8-16-12-14(19)15(20)17(2)3/h13-14,16H,4-12H2,1-3H3. The number of rotatable bonds is 3. The van der Waals surface area contributed by atoms with Gasteiger partial charge in [0, 0.05) is 39.8 Å². The minimum absolute atomic E-state index is 0.0249. The van der Waals surface area contributed by atoms with E-state index in [2.05, 4.69) is 22.0 Å². The fourth-order valence-corrected chi connectivity index (χ4v) is 3.47. The molecule has 0 spiro atoms. The zero-order valence-electron chi connectivity index (χ0n) is 13.3. The first-order chi connectivity index (χ1) is 9.63. The van der Waals surface area contributed by atoms with Crippen molar-refractivity contribution in [2.75, 3.05) is 53.4 Å². The van der Waals surface area contributed by atoms with Crippen molar-refractivity contribution in [1.29, 1.82) is 0 Å². The highest BCUT2D eigenvalue weighted by Crippen LogP contribution is 2.20. The van der Waals surface area contributed by atoms with Crippen molar-refractivity contribution >= 4 is 5.91 Å². The number of carbonyl (C=O) groups is 1. The minimum atomic E-state index is 0.0249. The lowest BCUT2D eigenvalue weighted by atomic mass is 10.0. The number of likely N-dealkylation sites (N-methyl/N-ethyl adjacent to an activating group) is 1. The molecule has 5 nitrogen and oxygen atoms in total. The first-order valence-electron chi connectivity index (χ1n) is 8.03. The van der Waals surface area contributed by atoms with E-state index in [-0.39, 0.29) is 11.9 Å². The maximum atomic E-state index is 12.4. The molecule has 1 N–H and O–H groups in total. The topological polar surface area (TPSA) is 38.8 Å². The second-order valence-corrected chi connectivity index (χ2v) is 6.21. The quantitative estimate of drug-likeness (QED) is 0.804. The highest BCUT2D eigenvalue weighted by Gasteiger charge is 2.34. The number of likely N-dealkylation sites (tertiary alicyclic amines) is 1. The largest absolute Gasteiger partial charge is 0.347 e. The van der Waals surface area contributed by atoms with Crippen LogP contribution in [-0.4, -0.2) is 86.1 Å². The van der Waals surface area contributed by atoms with Crippen LogP contribution in [0.1, 0.15) is 26.2 Å². The van der Waals surface area contributed by atoms with E-state index in [1.54, 1.807) is 4.90 Å². The fourth-order valence-electron chi connectivity index (χ4n) is 3.47. The second-order valence-electron chi connectivity index (χ2n) is 6.21. The number of carbonyl (C=O) groups excluding carboxylic acids is 1. The van der Waals surface area contributed by atoms with Gasteiger partial charge >= 0.3 is 0 Å². The molecule has 2 aliphatic heterocycles. The monoisotopic (exact) mass is 282 g/mol. The number of hydrogen-bond donors (Lipinski definition) is 1. The van der Waals surface area contributed by atoms with E-state index in [1.165, 1.54) is 32.4 Å². The van der Waals surface area contributed by atoms with Crippen LogP contribution in [0.3, 0.4) is 0 Å². The molecular weight excluding hydrogens is 252 g/mol. The van der Waals surface area contributed by atoms with E-state index >= 15 is 0 Å². The Morgan fingerprint density at radius 1 is 1.25 bits per heavy atom. The summed E-state index contributed by atoms with van der Waals surface area (Å²) in [5, 5.41) is 3.38. The number of piperazine rings is 1. The SMILES string of the molecule is CCN1CCCC(N2CCNCC2C(=O)N(C)C)CC1. The minimum Gasteiger partial charge on any atom is -0.347 e. The normalized spacial score (nSPS) is 29.9. The van der Waals surface area contributed by atoms with Crippen LogP contribution in [0.25, 0.3) is 0 Å². The van der Waals surface area contributed by atoms with Gasteiger partial charge in [0.25, 0.3) is 0 Å². The Bertz CT molecular complexity index is 321. The molecule has 2 unspecified atom stereocenters. The Kier molecular flexibility index (Phi) is 5.81. The van der Waals surface area contributed by atoms with Crippen molar-refractivity contribution in [3.8, 4) is 0 Å². The molecule has 0 saturated carbocycles. The van der Waals surface area contributed by atoms with Crippen LogP contribution >= 0.6 is 0 Å². The molecule has 116 valence electrons. The van der Waals surface area contributed by atoms with Gasteiger partial charge in [-0.05, 0) is 38.9 Å². The Balaban J connectivity index is 2.02. The van der Waals surface area contributed by atoms with Crippen LogP contribution in [0, 0.1) is 0 Å². The zero-order valence-corrected chi connectivity index (χ0v) is 13.3. The molecule has 2 heterocycles. The summed E-state index contributed by atoms with van der Waals surface area (Å²) in [5.74, 6) is 0.244. The summed E-state index contributed by atoms with van der Waals surface area (Å²) >= 11 is 0. The predicted molar refractivity (Wildman–Crippen MR) is 81.8 cm³/mol. The van der Waals surface area contributed by atoms with E-state index in [4.69, 9.17) is 0 Å². The molecule has 20 heavy (non-hydrogen) atoms. The van der Waals surface area contributed by atoms with Gasteiger partial charge in [-0.2, -0.15) is 0 Å². The summed E-state index contributed by atoms with van der Waals surface area (Å²) < 4.78 is 0. The van der Waals surface area contributed by atoms with E-state index in [0.29, 0.717) is 6.04 Å². The van der Waals surface area contributed by atoms with Crippen LogP contribution in [-0.2, 0) is 4.79 Å². The molecule has 2 atom stereocenters. The molecule has 0 aliphatic carbocycles. The first-order valence-corrected chi connectivity index (χ1v) is 8.03. The van der Waals surface area contributed by atoms with Crippen molar-refractivity contribution in [3.05, 3.63) is 0 Å². The van der Waals surface area contributed by atoms with E-state index < -0.39 is 0 Å². The Hall–Kier alpha value is -0.650. The molecule has 2 aliphatic rings. The molecule has 0 aromatic carbocycles. The fraction of sp³-hybridized carbons (Fsp3) is 0.933. The Labute approximate surface area is 123 Å². The predicted octanol–water partition coefficient (Wildman–Crippen LogP) is 0.223. The van der Waals surface area contributed by atoms with Crippen LogP contribution in [0.5, 0.6) is 0 Å². The molecule has 2 fully saturated rings. The van der Waals surface area contributed by atoms with Crippen molar-refractivity contribution < 1.29 is 4.79 Å². The van der Waals surface area contributed by atoms with Gasteiger partial charge in [0.2, 0.25) is 5.91 Å². The van der Waals surface area contributed by atoms with Crippen LogP contribution in [0.15, 0.2) is 0 Å². The van der Waals surface area contributed by atoms with Gasteiger partial charge in [-0.15, -0.1) is 0 Å². The maximum absolute atomic E-state index is 12.4. The molecule has 2 rings (SSSR count). The summed E-state index contributed by atoms with van der Waals surface area (Å²) in [6.07, 6.45) is 3.68. The third-order valence-electron chi connectivity index (χ3n) is 4.72. The van der Waals surface area contributed by atoms with E-state index in [0.717, 1.165) is 26.2 Å². The summed E-state index contributed by atoms with van der Waals surface area (Å²) in [7, 11) is 3.72. The summed E-state index contributed by atoms with van der Waals surface area (Å²) in [6.45, 7) is 8.58. The molecule has 2 saturated heterocycles. The van der Waals surface area contributed by atoms with Gasteiger partial charge in [-0.1, -0.05) is 6.92 Å². The lowest BCUT2D eigenvalue weighted by Gasteiger charge is -2.41. The van der Waals surface area contributed by atoms with Gasteiger partial charge < -0.3 is 15.1 Å². The average Bonchev–Trinajstić information content (AvgIpc) is 2.71. The number of hydrogen-bond acceptors (Lipinski definition) is 4. The van der Waals surface area contributed by atoms with Crippen molar-refractivity contribution in [2.45, 2.75) is 38.3 Å². The molecule has 0 radical (unpaired) electrons. The van der Waals surface area contributed by atoms with Crippen LogP contribution in [0.2, 0.25) is 0 Å². The molecule has 0 aromatic rings. The molecule has 1 amide bonds. The summed E-state index contributed by atoms with van der Waals surface area (Å²) in [4.78, 5) is 19.1. The smallest absolute Gasteiger partial charge is 0.240 e. The van der Waals surface area contributed by atoms with Crippen molar-refractivity contribution in [2.24, 2.45) is 0 Å². The van der Waals surface area contributed by atoms with Crippen LogP contribution < -0.4 is 5.32 Å². The van der Waals surface area contributed by atoms with E-state index in [9.17, 15) is 4.79 Å². The molecule has 0 aromatic heterocycles. The van der Waals surface area contributed by atoms with Gasteiger partial charge in [-0.25, -0.2) is 0 Å². The lowest BCUT2D eigenvalue weighted by Crippen LogP contribution is -2.60. The summed E-state index contributed by atoms with van der Waals surface area (Å²) in [6, 6.07) is 0.597. The van der Waals surface area contributed by atoms with Gasteiger partial charge in [-0.3, -0.25) is 9.69 Å². The van der Waals surface area contributed by atoms with Crippen molar-refractivity contribution in [1.82, 2.24) is 20.0 Å². The summed E-state index contributed by atoms with van der Waals surface area (Å²) in [5.41, 5.74) is 0. The zero-order chi connectivity index (χ0) is 14.5. The highest BCUT2D eigenvalue weighted by molar-refractivity contribution is 5.81. The highest BCUT2D eigenvalue weighted by atomic mass is 16.2. The molecule has 5 heteroatoms. The number of nitrogens with zero attached hydrogens (tertiary/aromatic N) is 3. The third-order valence-corrected chi connectivity index (χ3v) is 4.72. The second kappa shape index (κ2) is 7.38. The number of nitrogens with one attached hydrogen (secondary N) is 1. The maximum Gasteiger partial charge on any atom is 0.240 e. The van der Waals surface area contributed by atoms with Crippen molar-refractivity contribution in [3.63, 3.8) is 0 Å². The Morgan fingerprint density at radius 2 is 2.05 bits per heavy atom. The Morgan fingerprint density at radius 3 is 2.75 bits per heavy atom. The lowest BCUT2D eigenvalue weighted by molar-refractivity contribution is -0.136. The van der Waals surface area contributed by atoms with E-state index in [1.807, 2.05) is 14.1 Å².